The molecule has 1 aliphatic heterocycles. The highest BCUT2D eigenvalue weighted by molar-refractivity contribution is 7.91. The maximum absolute atomic E-state index is 12.6. The van der Waals surface area contributed by atoms with E-state index in [1.807, 2.05) is 20.8 Å². The van der Waals surface area contributed by atoms with Crippen molar-refractivity contribution in [1.29, 1.82) is 0 Å². The first kappa shape index (κ1) is 17.6. The van der Waals surface area contributed by atoms with Crippen molar-refractivity contribution >= 4 is 26.8 Å². The molecule has 0 saturated carbocycles. The monoisotopic (exact) mass is 367 g/mol. The van der Waals surface area contributed by atoms with Gasteiger partial charge in [-0.1, -0.05) is 0 Å². The molecule has 1 fully saturated rings. The minimum atomic E-state index is -3.07. The van der Waals surface area contributed by atoms with Gasteiger partial charge in [-0.15, -0.1) is 0 Å². The van der Waals surface area contributed by atoms with Gasteiger partial charge in [0.15, 0.2) is 15.5 Å². The van der Waals surface area contributed by atoms with Gasteiger partial charge in [-0.2, -0.15) is 5.10 Å². The van der Waals surface area contributed by atoms with E-state index < -0.39 is 15.4 Å². The summed E-state index contributed by atoms with van der Waals surface area (Å²) in [5, 5.41) is 7.22. The number of carbonyl (C=O) groups excluding carboxylic acids is 1. The van der Waals surface area contributed by atoms with Crippen molar-refractivity contribution < 1.29 is 13.2 Å². The Morgan fingerprint density at radius 1 is 1.40 bits per heavy atom. The van der Waals surface area contributed by atoms with Crippen LogP contribution in [0.2, 0.25) is 0 Å². The van der Waals surface area contributed by atoms with E-state index in [1.54, 1.807) is 0 Å². The minimum Gasteiger partial charge on any atom is -0.350 e. The molecule has 10 heteroatoms. The Morgan fingerprint density at radius 3 is 2.72 bits per heavy atom. The van der Waals surface area contributed by atoms with Gasteiger partial charge in [-0.3, -0.25) is 14.2 Å². The summed E-state index contributed by atoms with van der Waals surface area (Å²) in [5.74, 6) is -0.170. The fraction of sp³-hybridized carbons (Fsp3) is 0.600. The quantitative estimate of drug-likeness (QED) is 0.808. The van der Waals surface area contributed by atoms with Crippen molar-refractivity contribution in [2.45, 2.75) is 45.3 Å². The molecule has 0 aromatic carbocycles. The Hall–Kier alpha value is -2.23. The van der Waals surface area contributed by atoms with Crippen molar-refractivity contribution in [3.8, 4) is 0 Å². The van der Waals surface area contributed by atoms with Gasteiger partial charge in [-0.05, 0) is 27.2 Å². The van der Waals surface area contributed by atoms with E-state index in [-0.39, 0.29) is 40.9 Å². The Labute approximate surface area is 145 Å². The Kier molecular flexibility index (Phi) is 4.18. The summed E-state index contributed by atoms with van der Waals surface area (Å²) in [7, 11) is -3.07. The summed E-state index contributed by atoms with van der Waals surface area (Å²) in [4.78, 5) is 28.8. The predicted molar refractivity (Wildman–Crippen MR) is 92.0 cm³/mol. The predicted octanol–water partition coefficient (Wildman–Crippen LogP) is -0.133. The number of aromatic nitrogens is 4. The Bertz CT molecular complexity index is 983. The molecule has 1 saturated heterocycles. The normalized spacial score (nSPS) is 20.0. The van der Waals surface area contributed by atoms with E-state index in [0.717, 1.165) is 0 Å². The first-order chi connectivity index (χ1) is 11.6. The maximum Gasteiger partial charge on any atom is 0.264 e. The van der Waals surface area contributed by atoms with Crippen LogP contribution in [0.25, 0.3) is 11.0 Å². The van der Waals surface area contributed by atoms with Crippen LogP contribution in [0.1, 0.15) is 33.2 Å². The van der Waals surface area contributed by atoms with E-state index in [1.165, 1.54) is 21.8 Å². The second-order valence-corrected chi connectivity index (χ2v) is 9.59. The second-order valence-electron chi connectivity index (χ2n) is 7.36. The molecule has 0 spiro atoms. The van der Waals surface area contributed by atoms with Crippen molar-refractivity contribution in [3.05, 3.63) is 22.9 Å². The number of hydrogen-bond donors (Lipinski definition) is 1. The molecule has 2 aromatic rings. The lowest BCUT2D eigenvalue weighted by atomic mass is 10.1. The van der Waals surface area contributed by atoms with Gasteiger partial charge < -0.3 is 5.32 Å². The third-order valence-corrected chi connectivity index (χ3v) is 5.71. The molecule has 1 amide bonds. The van der Waals surface area contributed by atoms with Gasteiger partial charge in [0.1, 0.15) is 18.3 Å². The number of nitrogens with one attached hydrogen (secondary N) is 1. The van der Waals surface area contributed by atoms with Crippen molar-refractivity contribution in [2.24, 2.45) is 0 Å². The van der Waals surface area contributed by atoms with Crippen LogP contribution in [0.5, 0.6) is 0 Å². The summed E-state index contributed by atoms with van der Waals surface area (Å²) < 4.78 is 26.0. The maximum atomic E-state index is 12.6. The fourth-order valence-corrected chi connectivity index (χ4v) is 4.62. The molecule has 1 atom stereocenters. The summed E-state index contributed by atoms with van der Waals surface area (Å²) in [6.45, 7) is 5.43. The van der Waals surface area contributed by atoms with E-state index in [4.69, 9.17) is 0 Å². The third kappa shape index (κ3) is 3.73. The molecular formula is C15H21N5O4S. The second kappa shape index (κ2) is 5.94. The van der Waals surface area contributed by atoms with Crippen molar-refractivity contribution in [1.82, 2.24) is 24.6 Å². The van der Waals surface area contributed by atoms with Crippen LogP contribution in [0.4, 0.5) is 0 Å². The number of sulfone groups is 1. The highest BCUT2D eigenvalue weighted by Crippen LogP contribution is 2.25. The van der Waals surface area contributed by atoms with Gasteiger partial charge in [0.05, 0.1) is 23.7 Å². The van der Waals surface area contributed by atoms with Crippen LogP contribution in [-0.2, 0) is 21.2 Å². The highest BCUT2D eigenvalue weighted by atomic mass is 32.2. The zero-order valence-electron chi connectivity index (χ0n) is 14.4. The lowest BCUT2D eigenvalue weighted by Crippen LogP contribution is -2.43. The molecule has 1 unspecified atom stereocenters. The number of amides is 1. The molecule has 3 rings (SSSR count). The molecule has 1 aliphatic rings. The van der Waals surface area contributed by atoms with E-state index in [9.17, 15) is 18.0 Å². The molecule has 3 heterocycles. The SMILES string of the molecule is CC(C)(C)NC(=O)Cn1cnc2c(cnn2C2CCS(=O)(=O)C2)c1=O. The Morgan fingerprint density at radius 2 is 2.12 bits per heavy atom. The zero-order chi connectivity index (χ0) is 18.4. The molecule has 25 heavy (non-hydrogen) atoms. The van der Waals surface area contributed by atoms with E-state index >= 15 is 0 Å². The van der Waals surface area contributed by atoms with Gasteiger partial charge in [0.25, 0.3) is 5.56 Å². The van der Waals surface area contributed by atoms with Crippen LogP contribution >= 0.6 is 0 Å². The van der Waals surface area contributed by atoms with Crippen LogP contribution in [0.3, 0.4) is 0 Å². The molecule has 0 bridgehead atoms. The lowest BCUT2D eigenvalue weighted by Gasteiger charge is -2.20. The lowest BCUT2D eigenvalue weighted by molar-refractivity contribution is -0.123. The first-order valence-corrected chi connectivity index (χ1v) is 9.82. The largest absolute Gasteiger partial charge is 0.350 e. The standard InChI is InChI=1S/C15H21N5O4S/c1-15(2,3)18-12(21)7-19-9-16-13-11(14(19)22)6-17-20(13)10-4-5-25(23,24)8-10/h6,9-10H,4-5,7-8H2,1-3H3,(H,18,21). The van der Waals surface area contributed by atoms with E-state index in [0.29, 0.717) is 12.1 Å². The molecule has 0 aliphatic carbocycles. The molecule has 2 aromatic heterocycles. The Balaban J connectivity index is 1.90. The highest BCUT2D eigenvalue weighted by Gasteiger charge is 2.31. The van der Waals surface area contributed by atoms with Crippen LogP contribution < -0.4 is 10.9 Å². The minimum absolute atomic E-state index is 0.00251. The number of nitrogens with zero attached hydrogens (tertiary/aromatic N) is 4. The average molecular weight is 367 g/mol. The summed E-state index contributed by atoms with van der Waals surface area (Å²) in [5.41, 5.74) is -0.419. The van der Waals surface area contributed by atoms with Gasteiger partial charge in [-0.25, -0.2) is 18.1 Å². The topological polar surface area (TPSA) is 116 Å². The molecule has 1 N–H and O–H groups in total. The number of rotatable bonds is 3. The van der Waals surface area contributed by atoms with Crippen molar-refractivity contribution in [3.63, 3.8) is 0 Å². The molecule has 9 nitrogen and oxygen atoms in total. The van der Waals surface area contributed by atoms with Gasteiger partial charge in [0.2, 0.25) is 5.91 Å². The zero-order valence-corrected chi connectivity index (χ0v) is 15.2. The third-order valence-electron chi connectivity index (χ3n) is 3.96. The number of fused-ring (bicyclic) bond motifs is 1. The number of carbonyl (C=O) groups is 1. The van der Waals surface area contributed by atoms with Gasteiger partial charge in [0, 0.05) is 5.54 Å². The van der Waals surface area contributed by atoms with Crippen molar-refractivity contribution in [2.75, 3.05) is 11.5 Å². The summed E-state index contributed by atoms with van der Waals surface area (Å²) in [6.07, 6.45) is 3.14. The number of hydrogen-bond acceptors (Lipinski definition) is 6. The molecular weight excluding hydrogens is 346 g/mol. The fourth-order valence-electron chi connectivity index (χ4n) is 2.93. The van der Waals surface area contributed by atoms with Crippen LogP contribution in [-0.4, -0.2) is 50.7 Å². The average Bonchev–Trinajstić information content (AvgIpc) is 3.03. The van der Waals surface area contributed by atoms with Crippen LogP contribution in [0, 0.1) is 0 Å². The smallest absolute Gasteiger partial charge is 0.264 e. The van der Waals surface area contributed by atoms with E-state index in [2.05, 4.69) is 15.4 Å². The molecule has 136 valence electrons. The molecule has 0 radical (unpaired) electrons. The first-order valence-electron chi connectivity index (χ1n) is 8.00. The van der Waals surface area contributed by atoms with Crippen LogP contribution in [0.15, 0.2) is 17.3 Å². The summed E-state index contributed by atoms with van der Waals surface area (Å²) >= 11 is 0. The summed E-state index contributed by atoms with van der Waals surface area (Å²) in [6, 6.07) is -0.311. The van der Waals surface area contributed by atoms with Gasteiger partial charge >= 0.3 is 0 Å².